The van der Waals surface area contributed by atoms with Gasteiger partial charge in [0.25, 0.3) is 0 Å². The molecule has 8 heteroatoms. The van der Waals surface area contributed by atoms with Gasteiger partial charge in [-0.25, -0.2) is 9.37 Å². The number of aromatic nitrogens is 5. The van der Waals surface area contributed by atoms with Gasteiger partial charge in [-0.2, -0.15) is 10.2 Å². The van der Waals surface area contributed by atoms with Gasteiger partial charge < -0.3 is 10.0 Å². The van der Waals surface area contributed by atoms with Crippen LogP contribution in [0.4, 0.5) is 10.2 Å². The number of nitrogens with zero attached hydrogens (tertiary/aromatic N) is 6. The van der Waals surface area contributed by atoms with Crippen LogP contribution in [-0.2, 0) is 19.7 Å². The highest BCUT2D eigenvalue weighted by molar-refractivity contribution is 5.73. The second-order valence-corrected chi connectivity index (χ2v) is 8.43. The van der Waals surface area contributed by atoms with E-state index >= 15 is 0 Å². The average Bonchev–Trinajstić information content (AvgIpc) is 3.42. The molecular weight excluding hydrogens is 407 g/mol. The van der Waals surface area contributed by atoms with Gasteiger partial charge >= 0.3 is 0 Å². The molecule has 0 spiro atoms. The van der Waals surface area contributed by atoms with Gasteiger partial charge in [0.2, 0.25) is 0 Å². The molecule has 5 rings (SSSR count). The second-order valence-electron chi connectivity index (χ2n) is 8.43. The fourth-order valence-corrected chi connectivity index (χ4v) is 4.29. The van der Waals surface area contributed by atoms with Crippen LogP contribution in [0.5, 0.6) is 0 Å². The van der Waals surface area contributed by atoms with E-state index in [1.165, 1.54) is 12.1 Å². The van der Waals surface area contributed by atoms with Crippen molar-refractivity contribution in [3.05, 3.63) is 72.6 Å². The number of pyridine rings is 1. The number of aryl methyl sites for hydroxylation is 2. The second kappa shape index (κ2) is 7.87. The Morgan fingerprint density at radius 1 is 0.906 bits per heavy atom. The summed E-state index contributed by atoms with van der Waals surface area (Å²) in [5, 5.41) is 19.8. The number of hydrogen-bond acceptors (Lipinski definition) is 5. The van der Waals surface area contributed by atoms with Crippen molar-refractivity contribution in [1.29, 1.82) is 0 Å². The molecule has 3 aromatic heterocycles. The van der Waals surface area contributed by atoms with Crippen LogP contribution in [0.15, 0.2) is 61.2 Å². The molecule has 4 aromatic rings. The van der Waals surface area contributed by atoms with Gasteiger partial charge in [0, 0.05) is 50.7 Å². The highest BCUT2D eigenvalue weighted by Crippen LogP contribution is 2.36. The zero-order valence-corrected chi connectivity index (χ0v) is 18.1. The van der Waals surface area contributed by atoms with Crippen LogP contribution in [-0.4, -0.2) is 42.7 Å². The zero-order chi connectivity index (χ0) is 22.3. The van der Waals surface area contributed by atoms with E-state index in [2.05, 4.69) is 21.2 Å². The first-order chi connectivity index (χ1) is 15.4. The summed E-state index contributed by atoms with van der Waals surface area (Å²) in [5.74, 6) is 0.511. The highest BCUT2D eigenvalue weighted by Gasteiger charge is 2.34. The van der Waals surface area contributed by atoms with Gasteiger partial charge in [-0.15, -0.1) is 0 Å². The van der Waals surface area contributed by atoms with E-state index in [0.717, 1.165) is 28.2 Å². The van der Waals surface area contributed by atoms with E-state index in [4.69, 9.17) is 4.98 Å². The maximum atomic E-state index is 13.7. The van der Waals surface area contributed by atoms with Crippen LogP contribution in [0.1, 0.15) is 18.4 Å². The van der Waals surface area contributed by atoms with Crippen LogP contribution in [0, 0.1) is 5.82 Å². The van der Waals surface area contributed by atoms with Crippen LogP contribution >= 0.6 is 0 Å². The molecule has 1 fully saturated rings. The summed E-state index contributed by atoms with van der Waals surface area (Å²) in [5.41, 5.74) is 3.40. The molecule has 0 aliphatic carbocycles. The minimum atomic E-state index is -1.04. The molecule has 0 bridgehead atoms. The maximum Gasteiger partial charge on any atom is 0.129 e. The largest absolute Gasteiger partial charge is 0.385 e. The van der Waals surface area contributed by atoms with E-state index in [1.54, 1.807) is 27.7 Å². The van der Waals surface area contributed by atoms with Crippen molar-refractivity contribution in [3.8, 4) is 22.4 Å². The Morgan fingerprint density at radius 3 is 2.22 bits per heavy atom. The number of halogens is 1. The van der Waals surface area contributed by atoms with Gasteiger partial charge in [0.05, 0.1) is 23.7 Å². The summed E-state index contributed by atoms with van der Waals surface area (Å²) in [6, 6.07) is 10.4. The number of benzene rings is 1. The lowest BCUT2D eigenvalue weighted by molar-refractivity contribution is 0.0114. The molecule has 1 N–H and O–H groups in total. The lowest BCUT2D eigenvalue weighted by Crippen LogP contribution is -2.43. The van der Waals surface area contributed by atoms with Crippen LogP contribution in [0.3, 0.4) is 0 Å². The first kappa shape index (κ1) is 20.4. The van der Waals surface area contributed by atoms with Crippen molar-refractivity contribution in [2.75, 3.05) is 18.0 Å². The molecular formula is C24H25FN6O. The Balaban J connectivity index is 1.47. The number of piperidine rings is 1. The minimum absolute atomic E-state index is 0.328. The fraction of sp³-hybridized carbons (Fsp3) is 0.292. The van der Waals surface area contributed by atoms with Crippen molar-refractivity contribution >= 4 is 5.82 Å². The number of hydrogen-bond donors (Lipinski definition) is 1. The normalized spacial score (nSPS) is 15.8. The molecule has 164 valence electrons. The van der Waals surface area contributed by atoms with Crippen LogP contribution in [0.2, 0.25) is 0 Å². The zero-order valence-electron chi connectivity index (χ0n) is 18.1. The first-order valence-corrected chi connectivity index (χ1v) is 10.6. The molecule has 0 amide bonds. The standard InChI is InChI=1S/C24H25FN6O/c1-29-15-18(13-26-29)17-10-22(19-14-27-30(2)16-19)28-23(11-17)31-8-6-24(32,7-9-31)20-4-3-5-21(25)12-20/h3-5,10-16,32H,6-9H2,1-2H3. The Hall–Kier alpha value is -3.52. The summed E-state index contributed by atoms with van der Waals surface area (Å²) in [6.45, 7) is 1.23. The molecule has 0 atom stereocenters. The van der Waals surface area contributed by atoms with Crippen molar-refractivity contribution in [3.63, 3.8) is 0 Å². The summed E-state index contributed by atoms with van der Waals surface area (Å²) in [7, 11) is 3.78. The van der Waals surface area contributed by atoms with E-state index in [0.29, 0.717) is 31.5 Å². The van der Waals surface area contributed by atoms with Gasteiger partial charge in [0.15, 0.2) is 0 Å². The summed E-state index contributed by atoms with van der Waals surface area (Å²) in [4.78, 5) is 7.09. The highest BCUT2D eigenvalue weighted by atomic mass is 19.1. The Morgan fingerprint density at radius 2 is 1.59 bits per heavy atom. The molecule has 0 unspecified atom stereocenters. The molecule has 4 heterocycles. The monoisotopic (exact) mass is 432 g/mol. The van der Waals surface area contributed by atoms with Crippen LogP contribution in [0.25, 0.3) is 22.4 Å². The summed E-state index contributed by atoms with van der Waals surface area (Å²) >= 11 is 0. The summed E-state index contributed by atoms with van der Waals surface area (Å²) < 4.78 is 17.2. The van der Waals surface area contributed by atoms with Crippen molar-refractivity contribution in [2.45, 2.75) is 18.4 Å². The predicted octanol–water partition coefficient (Wildman–Crippen LogP) is 3.51. The van der Waals surface area contributed by atoms with Crippen molar-refractivity contribution < 1.29 is 9.50 Å². The van der Waals surface area contributed by atoms with Gasteiger partial charge in [0.1, 0.15) is 11.6 Å². The third kappa shape index (κ3) is 3.89. The lowest BCUT2D eigenvalue weighted by atomic mass is 9.84. The fourth-order valence-electron chi connectivity index (χ4n) is 4.29. The van der Waals surface area contributed by atoms with Gasteiger partial charge in [-0.1, -0.05) is 12.1 Å². The molecule has 1 aliphatic rings. The summed E-state index contributed by atoms with van der Waals surface area (Å²) in [6.07, 6.45) is 8.56. The third-order valence-corrected chi connectivity index (χ3v) is 6.13. The van der Waals surface area contributed by atoms with Crippen molar-refractivity contribution in [2.24, 2.45) is 14.1 Å². The SMILES string of the molecule is Cn1cc(-c2cc(-c3cnn(C)c3)nc(N3CCC(O)(c4cccc(F)c4)CC3)c2)cn1. The predicted molar refractivity (Wildman–Crippen MR) is 120 cm³/mol. The number of rotatable bonds is 4. The minimum Gasteiger partial charge on any atom is -0.385 e. The third-order valence-electron chi connectivity index (χ3n) is 6.13. The number of anilines is 1. The molecule has 32 heavy (non-hydrogen) atoms. The van der Waals surface area contributed by atoms with E-state index in [9.17, 15) is 9.50 Å². The number of aliphatic hydroxyl groups is 1. The first-order valence-electron chi connectivity index (χ1n) is 10.6. The molecule has 0 saturated carbocycles. The van der Waals surface area contributed by atoms with E-state index in [-0.39, 0.29) is 5.82 Å². The molecule has 0 radical (unpaired) electrons. The Kier molecular flexibility index (Phi) is 5.01. The quantitative estimate of drug-likeness (QED) is 0.534. The Bertz CT molecular complexity index is 1200. The molecule has 7 nitrogen and oxygen atoms in total. The topological polar surface area (TPSA) is 72.0 Å². The Labute approximate surface area is 185 Å². The van der Waals surface area contributed by atoms with Crippen molar-refractivity contribution in [1.82, 2.24) is 24.5 Å². The maximum absolute atomic E-state index is 13.7. The van der Waals surface area contributed by atoms with E-state index < -0.39 is 5.60 Å². The van der Waals surface area contributed by atoms with Gasteiger partial charge in [-0.05, 0) is 48.2 Å². The smallest absolute Gasteiger partial charge is 0.129 e. The van der Waals surface area contributed by atoms with Crippen LogP contribution < -0.4 is 4.90 Å². The van der Waals surface area contributed by atoms with Gasteiger partial charge in [-0.3, -0.25) is 9.36 Å². The molecule has 1 aliphatic heterocycles. The molecule has 1 saturated heterocycles. The van der Waals surface area contributed by atoms with E-state index in [1.807, 2.05) is 38.8 Å². The average molecular weight is 433 g/mol. The lowest BCUT2D eigenvalue weighted by Gasteiger charge is -2.39. The molecule has 1 aromatic carbocycles.